The minimum atomic E-state index is 0.0970. The van der Waals surface area contributed by atoms with Crippen molar-refractivity contribution in [3.8, 4) is 16.9 Å². The third-order valence-corrected chi connectivity index (χ3v) is 4.14. The third-order valence-electron chi connectivity index (χ3n) is 4.14. The number of aromatic nitrogens is 1. The Kier molecular flexibility index (Phi) is 4.16. The van der Waals surface area contributed by atoms with Crippen molar-refractivity contribution < 1.29 is 0 Å². The van der Waals surface area contributed by atoms with Gasteiger partial charge in [0.2, 0.25) is 0 Å². The van der Waals surface area contributed by atoms with Crippen LogP contribution < -0.4 is 5.43 Å². The van der Waals surface area contributed by atoms with Crippen LogP contribution in [-0.2, 0) is 0 Å². The number of hydrogen-bond donors (Lipinski definition) is 0. The lowest BCUT2D eigenvalue weighted by Gasteiger charge is -2.23. The molecule has 1 heterocycles. The first-order valence-corrected chi connectivity index (χ1v) is 7.97. The van der Waals surface area contributed by atoms with E-state index in [-0.39, 0.29) is 11.3 Å². The molecule has 0 amide bonds. The summed E-state index contributed by atoms with van der Waals surface area (Å²) in [4.78, 5) is 12.5. The second kappa shape index (κ2) is 6.25. The highest BCUT2D eigenvalue weighted by Gasteiger charge is 2.17. The van der Waals surface area contributed by atoms with Crippen LogP contribution >= 0.6 is 0 Å². The molecule has 3 rings (SSSR count). The van der Waals surface area contributed by atoms with Crippen molar-refractivity contribution >= 4 is 0 Å². The maximum absolute atomic E-state index is 12.5. The van der Waals surface area contributed by atoms with Gasteiger partial charge in [-0.25, -0.2) is 0 Å². The van der Waals surface area contributed by atoms with Crippen LogP contribution in [0.2, 0.25) is 0 Å². The Morgan fingerprint density at radius 3 is 2.00 bits per heavy atom. The molecule has 0 saturated heterocycles. The monoisotopic (exact) mass is 303 g/mol. The minimum Gasteiger partial charge on any atom is -0.313 e. The Morgan fingerprint density at radius 1 is 0.870 bits per heavy atom. The van der Waals surface area contributed by atoms with Crippen LogP contribution in [0.1, 0.15) is 31.0 Å². The van der Waals surface area contributed by atoms with E-state index in [1.165, 1.54) is 0 Å². The number of hydrogen-bond acceptors (Lipinski definition) is 1. The Morgan fingerprint density at radius 2 is 1.43 bits per heavy atom. The molecule has 0 unspecified atom stereocenters. The van der Waals surface area contributed by atoms with Crippen molar-refractivity contribution in [1.29, 1.82) is 0 Å². The Hall–Kier alpha value is -2.61. The first-order valence-electron chi connectivity index (χ1n) is 7.97. The zero-order valence-corrected chi connectivity index (χ0v) is 13.8. The molecule has 2 heteroatoms. The number of benzene rings is 2. The molecule has 0 atom stereocenters. The quantitative estimate of drug-likeness (QED) is 0.672. The van der Waals surface area contributed by atoms with Gasteiger partial charge in [0.25, 0.3) is 0 Å². The number of para-hydroxylation sites is 1. The summed E-state index contributed by atoms with van der Waals surface area (Å²) in [5.74, 6) is 0.256. The normalized spacial score (nSPS) is 11.0. The maximum atomic E-state index is 12.5. The molecule has 0 N–H and O–H groups in total. The van der Waals surface area contributed by atoms with Crippen LogP contribution in [-0.4, -0.2) is 4.57 Å². The van der Waals surface area contributed by atoms with Gasteiger partial charge in [-0.2, -0.15) is 0 Å². The molecule has 116 valence electrons. The van der Waals surface area contributed by atoms with Gasteiger partial charge in [0.05, 0.1) is 5.69 Å². The van der Waals surface area contributed by atoms with Gasteiger partial charge >= 0.3 is 0 Å². The van der Waals surface area contributed by atoms with E-state index in [1.54, 1.807) is 6.07 Å². The molecule has 3 aromatic rings. The van der Waals surface area contributed by atoms with Crippen LogP contribution in [0, 0.1) is 6.92 Å². The van der Waals surface area contributed by atoms with Crippen molar-refractivity contribution in [1.82, 2.24) is 4.57 Å². The lowest BCUT2D eigenvalue weighted by molar-refractivity contribution is 0.771. The summed E-state index contributed by atoms with van der Waals surface area (Å²) in [5, 5.41) is 0. The zero-order valence-electron chi connectivity index (χ0n) is 13.8. The average molecular weight is 303 g/mol. The molecule has 0 aliphatic carbocycles. The maximum Gasteiger partial charge on any atom is 0.185 e. The van der Waals surface area contributed by atoms with Crippen molar-refractivity contribution in [3.05, 3.63) is 88.2 Å². The van der Waals surface area contributed by atoms with Crippen molar-refractivity contribution in [3.63, 3.8) is 0 Å². The van der Waals surface area contributed by atoms with Crippen LogP contribution in [0.4, 0.5) is 0 Å². The Balaban J connectivity index is 2.44. The van der Waals surface area contributed by atoms with Gasteiger partial charge < -0.3 is 4.57 Å². The second-order valence-electron chi connectivity index (χ2n) is 6.10. The van der Waals surface area contributed by atoms with Gasteiger partial charge in [-0.3, -0.25) is 4.79 Å². The van der Waals surface area contributed by atoms with E-state index in [1.807, 2.05) is 43.3 Å². The van der Waals surface area contributed by atoms with E-state index in [0.29, 0.717) is 0 Å². The third kappa shape index (κ3) is 2.85. The van der Waals surface area contributed by atoms with Crippen molar-refractivity contribution in [2.24, 2.45) is 0 Å². The second-order valence-corrected chi connectivity index (χ2v) is 6.10. The molecular formula is C21H21NO. The summed E-state index contributed by atoms with van der Waals surface area (Å²) in [7, 11) is 0. The van der Waals surface area contributed by atoms with Gasteiger partial charge in [0.15, 0.2) is 5.43 Å². The van der Waals surface area contributed by atoms with E-state index in [9.17, 15) is 4.79 Å². The number of nitrogens with zero attached hydrogens (tertiary/aromatic N) is 1. The molecule has 0 bridgehead atoms. The largest absolute Gasteiger partial charge is 0.313 e. The standard InChI is InChI=1S/C21H21NO/c1-15(2)19-14-20(23)16(3)21(17-10-6-4-7-11-17)22(19)18-12-8-5-9-13-18/h4-15H,1-3H3. The van der Waals surface area contributed by atoms with Crippen molar-refractivity contribution in [2.45, 2.75) is 26.7 Å². The fourth-order valence-corrected chi connectivity index (χ4v) is 2.94. The van der Waals surface area contributed by atoms with Gasteiger partial charge in [-0.15, -0.1) is 0 Å². The fourth-order valence-electron chi connectivity index (χ4n) is 2.94. The smallest absolute Gasteiger partial charge is 0.185 e. The summed E-state index contributed by atoms with van der Waals surface area (Å²) >= 11 is 0. The molecule has 0 fully saturated rings. The Labute approximate surface area is 137 Å². The SMILES string of the molecule is Cc1c(-c2ccccc2)n(-c2ccccc2)c(C(C)C)cc1=O. The van der Waals surface area contributed by atoms with Crippen LogP contribution in [0.25, 0.3) is 16.9 Å². The highest BCUT2D eigenvalue weighted by atomic mass is 16.1. The van der Waals surface area contributed by atoms with Gasteiger partial charge in [0.1, 0.15) is 0 Å². The van der Waals surface area contributed by atoms with E-state index >= 15 is 0 Å². The molecule has 2 aromatic carbocycles. The molecule has 23 heavy (non-hydrogen) atoms. The minimum absolute atomic E-state index is 0.0970. The predicted molar refractivity (Wildman–Crippen MR) is 96.3 cm³/mol. The molecule has 0 radical (unpaired) electrons. The molecular weight excluding hydrogens is 282 g/mol. The van der Waals surface area contributed by atoms with Crippen molar-refractivity contribution in [2.75, 3.05) is 0 Å². The summed E-state index contributed by atoms with van der Waals surface area (Å²) in [5.41, 5.74) is 5.04. The van der Waals surface area contributed by atoms with Gasteiger partial charge in [-0.1, -0.05) is 62.4 Å². The van der Waals surface area contributed by atoms with Crippen LogP contribution in [0.3, 0.4) is 0 Å². The van der Waals surface area contributed by atoms with E-state index in [2.05, 4.69) is 42.7 Å². The zero-order chi connectivity index (χ0) is 16.4. The average Bonchev–Trinajstić information content (AvgIpc) is 2.58. The molecule has 2 nitrogen and oxygen atoms in total. The van der Waals surface area contributed by atoms with Gasteiger partial charge in [-0.05, 0) is 30.5 Å². The summed E-state index contributed by atoms with van der Waals surface area (Å²) < 4.78 is 2.22. The number of rotatable bonds is 3. The predicted octanol–water partition coefficient (Wildman–Crippen LogP) is 4.94. The molecule has 0 saturated carbocycles. The summed E-state index contributed by atoms with van der Waals surface area (Å²) in [6.45, 7) is 6.16. The highest BCUT2D eigenvalue weighted by Crippen LogP contribution is 2.29. The molecule has 0 aliphatic rings. The topological polar surface area (TPSA) is 22.0 Å². The van der Waals surface area contributed by atoms with E-state index < -0.39 is 0 Å². The summed E-state index contributed by atoms with van der Waals surface area (Å²) in [6.07, 6.45) is 0. The summed E-state index contributed by atoms with van der Waals surface area (Å²) in [6, 6.07) is 22.2. The number of pyridine rings is 1. The first-order chi connectivity index (χ1) is 11.1. The van der Waals surface area contributed by atoms with Crippen LogP contribution in [0.5, 0.6) is 0 Å². The lowest BCUT2D eigenvalue weighted by atomic mass is 10.0. The molecule has 1 aromatic heterocycles. The van der Waals surface area contributed by atoms with E-state index in [0.717, 1.165) is 28.2 Å². The fraction of sp³-hybridized carbons (Fsp3) is 0.190. The van der Waals surface area contributed by atoms with Crippen LogP contribution in [0.15, 0.2) is 71.5 Å². The Bertz CT molecular complexity index is 862. The molecule has 0 aliphatic heterocycles. The van der Waals surface area contributed by atoms with E-state index in [4.69, 9.17) is 0 Å². The first kappa shape index (κ1) is 15.3. The van der Waals surface area contributed by atoms with Gasteiger partial charge in [0, 0.05) is 23.0 Å². The molecule has 0 spiro atoms. The highest BCUT2D eigenvalue weighted by molar-refractivity contribution is 5.66. The lowest BCUT2D eigenvalue weighted by Crippen LogP contribution is -2.18.